The summed E-state index contributed by atoms with van der Waals surface area (Å²) in [6.45, 7) is 21.5. The van der Waals surface area contributed by atoms with E-state index in [0.29, 0.717) is 5.41 Å². The SMILES string of the molecule is CC(C)(C)CC(C)(C)Cl.CC(Cl)Cc1cc(CC(C)Cl)cc(C(C)(C)C)c1. The van der Waals surface area contributed by atoms with E-state index in [2.05, 4.69) is 73.6 Å². The molecule has 0 aromatic heterocycles. The highest BCUT2D eigenvalue weighted by Gasteiger charge is 2.22. The molecule has 0 aliphatic heterocycles. The van der Waals surface area contributed by atoms with Gasteiger partial charge >= 0.3 is 0 Å². The van der Waals surface area contributed by atoms with E-state index in [1.165, 1.54) is 16.7 Å². The molecule has 1 rings (SSSR count). The summed E-state index contributed by atoms with van der Waals surface area (Å²) < 4.78 is 0. The first-order chi connectivity index (χ1) is 11.9. The van der Waals surface area contributed by atoms with Crippen LogP contribution in [0, 0.1) is 5.41 Å². The van der Waals surface area contributed by atoms with Gasteiger partial charge in [-0.3, -0.25) is 0 Å². The first kappa shape index (κ1) is 27.1. The average Bonchev–Trinajstić information content (AvgIpc) is 2.31. The van der Waals surface area contributed by atoms with Gasteiger partial charge < -0.3 is 0 Å². The summed E-state index contributed by atoms with van der Waals surface area (Å²) in [6.07, 6.45) is 2.88. The van der Waals surface area contributed by atoms with Gasteiger partial charge in [0.25, 0.3) is 0 Å². The molecular weight excluding hydrogens is 395 g/mol. The molecule has 3 heteroatoms. The van der Waals surface area contributed by atoms with Crippen molar-refractivity contribution in [1.82, 2.24) is 0 Å². The number of benzene rings is 1. The minimum atomic E-state index is -0.0434. The smallest absolute Gasteiger partial charge is 0.0395 e. The lowest BCUT2D eigenvalue weighted by Crippen LogP contribution is -2.20. The van der Waals surface area contributed by atoms with Crippen molar-refractivity contribution >= 4 is 34.8 Å². The largest absolute Gasteiger partial charge is 0.123 e. The molecular formula is C24H41Cl3. The molecule has 27 heavy (non-hydrogen) atoms. The Morgan fingerprint density at radius 1 is 0.741 bits per heavy atom. The van der Waals surface area contributed by atoms with Crippen LogP contribution < -0.4 is 0 Å². The molecule has 0 heterocycles. The lowest BCUT2D eigenvalue weighted by Gasteiger charge is -2.26. The molecule has 0 bridgehead atoms. The molecule has 0 radical (unpaired) electrons. The maximum Gasteiger partial charge on any atom is 0.0395 e. The van der Waals surface area contributed by atoms with E-state index in [1.54, 1.807) is 0 Å². The standard InChI is InChI=1S/C16H24Cl2.C8H17Cl/c1-11(17)6-13-8-14(7-12(2)18)10-15(9-13)16(3,4)5;1-7(2,3)6-8(4,5)9/h8-12H,6-7H2,1-5H3;6H2,1-5H3. The van der Waals surface area contributed by atoms with Crippen LogP contribution in [0.25, 0.3) is 0 Å². The van der Waals surface area contributed by atoms with Crippen LogP contribution in [-0.4, -0.2) is 15.6 Å². The number of hydrogen-bond donors (Lipinski definition) is 0. The molecule has 0 N–H and O–H groups in total. The molecule has 0 aliphatic carbocycles. The fourth-order valence-electron chi connectivity index (χ4n) is 3.34. The van der Waals surface area contributed by atoms with Crippen LogP contribution in [0.5, 0.6) is 0 Å². The van der Waals surface area contributed by atoms with Gasteiger partial charge in [0.1, 0.15) is 0 Å². The van der Waals surface area contributed by atoms with Crippen molar-refractivity contribution < 1.29 is 0 Å². The maximum atomic E-state index is 6.11. The molecule has 0 saturated heterocycles. The molecule has 0 amide bonds. The second-order valence-corrected chi connectivity index (χ2v) is 13.2. The Hall–Kier alpha value is 0.0900. The predicted molar refractivity (Wildman–Crippen MR) is 127 cm³/mol. The molecule has 0 saturated carbocycles. The molecule has 0 nitrogen and oxygen atoms in total. The summed E-state index contributed by atoms with van der Waals surface area (Å²) in [5.41, 5.74) is 4.51. The summed E-state index contributed by atoms with van der Waals surface area (Å²) in [6, 6.07) is 6.80. The summed E-state index contributed by atoms with van der Waals surface area (Å²) in [5, 5.41) is 0.336. The van der Waals surface area contributed by atoms with E-state index in [-0.39, 0.29) is 21.0 Å². The van der Waals surface area contributed by atoms with Gasteiger partial charge in [-0.2, -0.15) is 0 Å². The van der Waals surface area contributed by atoms with Gasteiger partial charge in [-0.05, 0) is 74.5 Å². The van der Waals surface area contributed by atoms with Crippen molar-refractivity contribution in [3.63, 3.8) is 0 Å². The van der Waals surface area contributed by atoms with Gasteiger partial charge in [0.2, 0.25) is 0 Å². The highest BCUT2D eigenvalue weighted by molar-refractivity contribution is 6.23. The third-order valence-electron chi connectivity index (χ3n) is 3.90. The molecule has 1 aromatic carbocycles. The highest BCUT2D eigenvalue weighted by atomic mass is 35.5. The zero-order valence-electron chi connectivity index (χ0n) is 19.1. The van der Waals surface area contributed by atoms with Gasteiger partial charge in [-0.15, -0.1) is 34.8 Å². The van der Waals surface area contributed by atoms with Gasteiger partial charge in [-0.25, -0.2) is 0 Å². The Labute approximate surface area is 184 Å². The third-order valence-corrected chi connectivity index (χ3v) is 4.35. The molecule has 0 aliphatic rings. The number of hydrogen-bond acceptors (Lipinski definition) is 0. The minimum absolute atomic E-state index is 0.0434. The Bertz CT molecular complexity index is 512. The summed E-state index contributed by atoms with van der Waals surface area (Å²) in [7, 11) is 0. The minimum Gasteiger partial charge on any atom is -0.123 e. The normalized spacial score (nSPS) is 15.0. The average molecular weight is 436 g/mol. The van der Waals surface area contributed by atoms with Crippen LogP contribution in [0.1, 0.15) is 92.3 Å². The van der Waals surface area contributed by atoms with Crippen LogP contribution in [-0.2, 0) is 18.3 Å². The zero-order chi connectivity index (χ0) is 21.6. The van der Waals surface area contributed by atoms with Gasteiger partial charge in [0, 0.05) is 15.6 Å². The zero-order valence-corrected chi connectivity index (χ0v) is 21.4. The number of rotatable bonds is 5. The molecule has 2 atom stereocenters. The number of halogens is 3. The van der Waals surface area contributed by atoms with Gasteiger partial charge in [-0.1, -0.05) is 59.7 Å². The van der Waals surface area contributed by atoms with Crippen molar-refractivity contribution in [3.8, 4) is 0 Å². The van der Waals surface area contributed by atoms with Gasteiger partial charge in [0.05, 0.1) is 0 Å². The number of alkyl halides is 3. The van der Waals surface area contributed by atoms with Crippen molar-refractivity contribution in [1.29, 1.82) is 0 Å². The Morgan fingerprint density at radius 2 is 1.11 bits per heavy atom. The summed E-state index contributed by atoms with van der Waals surface area (Å²) >= 11 is 18.2. The van der Waals surface area contributed by atoms with E-state index in [1.807, 2.05) is 13.8 Å². The molecule has 2 unspecified atom stereocenters. The molecule has 0 fully saturated rings. The quantitative estimate of drug-likeness (QED) is 0.405. The van der Waals surface area contributed by atoms with Crippen LogP contribution >= 0.6 is 34.8 Å². The van der Waals surface area contributed by atoms with E-state index < -0.39 is 0 Å². The fourth-order valence-corrected chi connectivity index (χ4v) is 4.10. The van der Waals surface area contributed by atoms with E-state index in [4.69, 9.17) is 34.8 Å². The molecule has 158 valence electrons. The van der Waals surface area contributed by atoms with Crippen molar-refractivity contribution in [2.45, 2.75) is 110 Å². The Morgan fingerprint density at radius 3 is 1.30 bits per heavy atom. The lowest BCUT2D eigenvalue weighted by molar-refractivity contribution is 0.336. The van der Waals surface area contributed by atoms with Crippen molar-refractivity contribution in [2.75, 3.05) is 0 Å². The fraction of sp³-hybridized carbons (Fsp3) is 0.750. The summed E-state index contributed by atoms with van der Waals surface area (Å²) in [5.74, 6) is 0. The molecule has 0 spiro atoms. The van der Waals surface area contributed by atoms with Crippen LogP contribution in [0.2, 0.25) is 0 Å². The Balaban J connectivity index is 0.000000636. The monoisotopic (exact) mass is 434 g/mol. The second kappa shape index (κ2) is 10.7. The van der Waals surface area contributed by atoms with Crippen molar-refractivity contribution in [2.24, 2.45) is 5.41 Å². The third kappa shape index (κ3) is 14.7. The van der Waals surface area contributed by atoms with Crippen LogP contribution in [0.15, 0.2) is 18.2 Å². The van der Waals surface area contributed by atoms with E-state index in [0.717, 1.165) is 19.3 Å². The summed E-state index contributed by atoms with van der Waals surface area (Å²) in [4.78, 5) is -0.0434. The first-order valence-corrected chi connectivity index (χ1v) is 11.2. The highest BCUT2D eigenvalue weighted by Crippen LogP contribution is 2.31. The maximum absolute atomic E-state index is 6.11. The van der Waals surface area contributed by atoms with E-state index in [9.17, 15) is 0 Å². The second-order valence-electron chi connectivity index (χ2n) is 10.7. The van der Waals surface area contributed by atoms with Crippen LogP contribution in [0.4, 0.5) is 0 Å². The first-order valence-electron chi connectivity index (χ1n) is 9.99. The Kier molecular flexibility index (Phi) is 10.8. The predicted octanol–water partition coefficient (Wildman–Crippen LogP) is 8.76. The lowest BCUT2D eigenvalue weighted by atomic mass is 9.84. The van der Waals surface area contributed by atoms with E-state index >= 15 is 0 Å². The van der Waals surface area contributed by atoms with Crippen LogP contribution in [0.3, 0.4) is 0 Å². The topological polar surface area (TPSA) is 0 Å². The molecule has 1 aromatic rings. The van der Waals surface area contributed by atoms with Crippen molar-refractivity contribution in [3.05, 3.63) is 34.9 Å². The van der Waals surface area contributed by atoms with Gasteiger partial charge in [0.15, 0.2) is 0 Å².